The summed E-state index contributed by atoms with van der Waals surface area (Å²) in [6, 6.07) is 12.5. The number of nitrogens with one attached hydrogen (secondary N) is 1. The van der Waals surface area contributed by atoms with Crippen LogP contribution in [0.3, 0.4) is 0 Å². The second-order valence-corrected chi connectivity index (χ2v) is 11.8. The molecule has 0 spiro atoms. The minimum absolute atomic E-state index is 0.0603. The number of sulfone groups is 1. The predicted octanol–water partition coefficient (Wildman–Crippen LogP) is 4.58. The van der Waals surface area contributed by atoms with Crippen LogP contribution < -0.4 is 5.32 Å². The number of ether oxygens (including phenoxy) is 1. The summed E-state index contributed by atoms with van der Waals surface area (Å²) in [6.45, 7) is 0.387. The van der Waals surface area contributed by atoms with Gasteiger partial charge in [0.1, 0.15) is 5.82 Å². The van der Waals surface area contributed by atoms with Crippen LogP contribution in [0.15, 0.2) is 65.8 Å². The van der Waals surface area contributed by atoms with Crippen molar-refractivity contribution < 1.29 is 31.4 Å². The molecule has 196 valence electrons. The Bertz CT molecular complexity index is 1350. The molecule has 11 heteroatoms. The summed E-state index contributed by atoms with van der Waals surface area (Å²) in [5.41, 5.74) is 0.245. The van der Waals surface area contributed by atoms with E-state index in [1.807, 2.05) is 0 Å². The summed E-state index contributed by atoms with van der Waals surface area (Å²) >= 11 is 0. The van der Waals surface area contributed by atoms with Gasteiger partial charge < -0.3 is 15.2 Å². The number of halogens is 3. The van der Waals surface area contributed by atoms with Gasteiger partial charge in [0, 0.05) is 18.4 Å². The maximum Gasteiger partial charge on any atom is 0.417 e. The fourth-order valence-electron chi connectivity index (χ4n) is 4.71. The average molecular weight is 534 g/mol. The third-order valence-electron chi connectivity index (χ3n) is 6.99. The van der Waals surface area contributed by atoms with E-state index < -0.39 is 32.4 Å². The molecule has 2 fully saturated rings. The smallest absolute Gasteiger partial charge is 0.379 e. The summed E-state index contributed by atoms with van der Waals surface area (Å²) in [7, 11) is -3.54. The number of pyridine rings is 2. The normalized spacial score (nSPS) is 21.7. The van der Waals surface area contributed by atoms with Gasteiger partial charge >= 0.3 is 6.18 Å². The standard InChI is InChI=1S/C26H26F3N3O4S/c27-26(28,29)19-3-10-24(31-14-19)32-20-4-8-22(9-5-20)37(34,35)21-6-1-17(2-7-21)18-11-12-30-23(13-18)25(33)15-36-16-25/h1-3,6-7,10-14,20,22,33H,4-5,8-9,15-16H2,(H,31,32)/t20-,22-. The highest BCUT2D eigenvalue weighted by Crippen LogP contribution is 2.34. The second-order valence-electron chi connectivity index (χ2n) is 9.57. The van der Waals surface area contributed by atoms with E-state index in [4.69, 9.17) is 4.74 Å². The van der Waals surface area contributed by atoms with Crippen LogP contribution in [-0.4, -0.2) is 48.0 Å². The molecule has 0 amide bonds. The van der Waals surface area contributed by atoms with E-state index in [1.165, 1.54) is 6.07 Å². The molecule has 3 heterocycles. The Hall–Kier alpha value is -3.02. The Labute approximate surface area is 212 Å². The topological polar surface area (TPSA) is 101 Å². The molecule has 3 aromatic rings. The monoisotopic (exact) mass is 533 g/mol. The van der Waals surface area contributed by atoms with Crippen LogP contribution in [0, 0.1) is 0 Å². The van der Waals surface area contributed by atoms with Gasteiger partial charge in [-0.05, 0) is 73.2 Å². The molecule has 1 saturated heterocycles. The number of aromatic nitrogens is 2. The van der Waals surface area contributed by atoms with E-state index >= 15 is 0 Å². The zero-order valence-electron chi connectivity index (χ0n) is 19.8. The van der Waals surface area contributed by atoms with Gasteiger partial charge in [0.25, 0.3) is 0 Å². The Morgan fingerprint density at radius 1 is 0.946 bits per heavy atom. The average Bonchev–Trinajstić information content (AvgIpc) is 2.87. The molecule has 5 rings (SSSR count). The van der Waals surface area contributed by atoms with E-state index in [0.29, 0.717) is 37.2 Å². The van der Waals surface area contributed by atoms with Crippen molar-refractivity contribution in [2.24, 2.45) is 0 Å². The summed E-state index contributed by atoms with van der Waals surface area (Å²) in [5.74, 6) is 0.339. The number of aliphatic hydroxyl groups is 1. The molecule has 37 heavy (non-hydrogen) atoms. The lowest BCUT2D eigenvalue weighted by molar-refractivity contribution is -0.186. The molecule has 1 aliphatic carbocycles. The van der Waals surface area contributed by atoms with E-state index in [-0.39, 0.29) is 24.2 Å². The number of benzene rings is 1. The van der Waals surface area contributed by atoms with Crippen LogP contribution in [0.2, 0.25) is 0 Å². The first kappa shape index (κ1) is 25.6. The molecule has 0 bridgehead atoms. The SMILES string of the molecule is O=S(=O)(c1ccc(-c2ccnc(C3(O)COC3)c2)cc1)[C@H]1CC[C@H](Nc2ccc(C(F)(F)F)cn2)CC1. The molecule has 7 nitrogen and oxygen atoms in total. The molecular formula is C26H26F3N3O4S. The van der Waals surface area contributed by atoms with Crippen molar-refractivity contribution in [3.05, 3.63) is 72.2 Å². The Balaban J connectivity index is 1.21. The lowest BCUT2D eigenvalue weighted by Crippen LogP contribution is -2.47. The van der Waals surface area contributed by atoms with Gasteiger partial charge in [-0.3, -0.25) is 4.98 Å². The molecule has 0 atom stereocenters. The Morgan fingerprint density at radius 3 is 2.22 bits per heavy atom. The van der Waals surface area contributed by atoms with Gasteiger partial charge in [-0.15, -0.1) is 0 Å². The molecule has 1 aliphatic heterocycles. The first-order valence-electron chi connectivity index (χ1n) is 12.0. The van der Waals surface area contributed by atoms with Gasteiger partial charge in [-0.25, -0.2) is 13.4 Å². The predicted molar refractivity (Wildman–Crippen MR) is 130 cm³/mol. The summed E-state index contributed by atoms with van der Waals surface area (Å²) < 4.78 is 69.8. The third kappa shape index (κ3) is 5.34. The second kappa shape index (κ2) is 9.70. The summed E-state index contributed by atoms with van der Waals surface area (Å²) in [5, 5.41) is 13.1. The molecule has 2 aliphatic rings. The van der Waals surface area contributed by atoms with Gasteiger partial charge in [0.2, 0.25) is 0 Å². The Morgan fingerprint density at radius 2 is 1.65 bits per heavy atom. The summed E-state index contributed by atoms with van der Waals surface area (Å²) in [4.78, 5) is 8.33. The summed E-state index contributed by atoms with van der Waals surface area (Å²) in [6.07, 6.45) is -0.0242. The quantitative estimate of drug-likeness (QED) is 0.478. The van der Waals surface area contributed by atoms with E-state index in [0.717, 1.165) is 23.4 Å². The zero-order chi connectivity index (χ0) is 26.3. The van der Waals surface area contributed by atoms with E-state index in [2.05, 4.69) is 15.3 Å². The van der Waals surface area contributed by atoms with E-state index in [1.54, 1.807) is 42.6 Å². The first-order chi connectivity index (χ1) is 17.5. The van der Waals surface area contributed by atoms with Crippen LogP contribution in [0.1, 0.15) is 36.9 Å². The highest BCUT2D eigenvalue weighted by atomic mass is 32.2. The van der Waals surface area contributed by atoms with Crippen LogP contribution in [0.5, 0.6) is 0 Å². The van der Waals surface area contributed by atoms with Gasteiger partial charge in [-0.2, -0.15) is 13.2 Å². The van der Waals surface area contributed by atoms with E-state index in [9.17, 15) is 26.7 Å². The fraction of sp³-hybridized carbons (Fsp3) is 0.385. The maximum atomic E-state index is 13.3. The molecule has 1 saturated carbocycles. The van der Waals surface area contributed by atoms with Gasteiger partial charge in [0.15, 0.2) is 15.4 Å². The number of nitrogens with zero attached hydrogens (tertiary/aromatic N) is 2. The van der Waals surface area contributed by atoms with Crippen LogP contribution in [0.4, 0.5) is 19.0 Å². The number of hydrogen-bond donors (Lipinski definition) is 2. The third-order valence-corrected chi connectivity index (χ3v) is 9.27. The molecular weight excluding hydrogens is 507 g/mol. The van der Waals surface area contributed by atoms with Crippen LogP contribution in [0.25, 0.3) is 11.1 Å². The van der Waals surface area contributed by atoms with Gasteiger partial charge in [0.05, 0.1) is 34.6 Å². The largest absolute Gasteiger partial charge is 0.417 e. The molecule has 1 aromatic carbocycles. The minimum atomic E-state index is -4.44. The Kier molecular flexibility index (Phi) is 6.71. The number of rotatable bonds is 6. The van der Waals surface area contributed by atoms with Crippen molar-refractivity contribution in [3.63, 3.8) is 0 Å². The lowest BCUT2D eigenvalue weighted by atomic mass is 9.94. The fourth-order valence-corrected chi connectivity index (χ4v) is 6.50. The van der Waals surface area contributed by atoms with Crippen molar-refractivity contribution in [3.8, 4) is 11.1 Å². The van der Waals surface area contributed by atoms with Crippen molar-refractivity contribution >= 4 is 15.7 Å². The lowest BCUT2D eigenvalue weighted by Gasteiger charge is -2.35. The van der Waals surface area contributed by atoms with Crippen molar-refractivity contribution in [1.29, 1.82) is 0 Å². The number of anilines is 1. The number of alkyl halides is 3. The van der Waals surface area contributed by atoms with Crippen molar-refractivity contribution in [1.82, 2.24) is 9.97 Å². The van der Waals surface area contributed by atoms with Gasteiger partial charge in [-0.1, -0.05) is 12.1 Å². The highest BCUT2D eigenvalue weighted by molar-refractivity contribution is 7.92. The first-order valence-corrected chi connectivity index (χ1v) is 13.5. The van der Waals surface area contributed by atoms with Crippen molar-refractivity contribution in [2.45, 2.75) is 53.6 Å². The van der Waals surface area contributed by atoms with Crippen molar-refractivity contribution in [2.75, 3.05) is 18.5 Å². The van der Waals surface area contributed by atoms with Crippen LogP contribution in [-0.2, 0) is 26.4 Å². The maximum absolute atomic E-state index is 13.3. The highest BCUT2D eigenvalue weighted by Gasteiger charge is 2.39. The molecule has 2 N–H and O–H groups in total. The zero-order valence-corrected chi connectivity index (χ0v) is 20.6. The molecule has 2 aromatic heterocycles. The molecule has 0 unspecified atom stereocenters. The number of hydrogen-bond acceptors (Lipinski definition) is 7. The van der Waals surface area contributed by atoms with Crippen LogP contribution >= 0.6 is 0 Å². The molecule has 0 radical (unpaired) electrons. The minimum Gasteiger partial charge on any atom is -0.379 e.